The Hall–Kier alpha value is -4.28. The Labute approximate surface area is 170 Å². The van der Waals surface area contributed by atoms with E-state index in [9.17, 15) is 25.0 Å². The highest BCUT2D eigenvalue weighted by molar-refractivity contribution is 5.91. The Bertz CT molecular complexity index is 1140. The van der Waals surface area contributed by atoms with E-state index in [4.69, 9.17) is 4.74 Å². The van der Waals surface area contributed by atoms with E-state index in [2.05, 4.69) is 10.4 Å². The third-order valence-electron chi connectivity index (χ3n) is 4.27. The number of ether oxygens (including phenoxy) is 1. The van der Waals surface area contributed by atoms with Gasteiger partial charge >= 0.3 is 5.69 Å². The van der Waals surface area contributed by atoms with Crippen LogP contribution in [0.15, 0.2) is 48.7 Å². The van der Waals surface area contributed by atoms with Crippen LogP contribution >= 0.6 is 0 Å². The largest absolute Gasteiger partial charge is 0.457 e. The number of aromatic nitrogens is 2. The van der Waals surface area contributed by atoms with E-state index >= 15 is 0 Å². The minimum Gasteiger partial charge on any atom is -0.457 e. The molecule has 0 aliphatic heterocycles. The standard InChI is InChI=1S/C19H17N5O6/c1-12-5-3-4-6-18(12)30-16-8-14(7-15(9-16)23(26)27)21-19(25)11-22-13(2)17(10-20-22)24(28)29/h3-10H,11H2,1-2H3,(H,21,25). The number of rotatable bonds is 7. The number of hydrogen-bond donors (Lipinski definition) is 1. The molecule has 0 radical (unpaired) electrons. The average Bonchev–Trinajstić information content (AvgIpc) is 3.04. The van der Waals surface area contributed by atoms with E-state index in [1.54, 1.807) is 12.1 Å². The summed E-state index contributed by atoms with van der Waals surface area (Å²) in [7, 11) is 0. The predicted molar refractivity (Wildman–Crippen MR) is 107 cm³/mol. The molecule has 0 fully saturated rings. The number of nitro groups is 2. The van der Waals surface area contributed by atoms with Crippen molar-refractivity contribution in [3.8, 4) is 11.5 Å². The van der Waals surface area contributed by atoms with Gasteiger partial charge in [0.25, 0.3) is 5.69 Å². The van der Waals surface area contributed by atoms with Gasteiger partial charge in [-0.1, -0.05) is 18.2 Å². The number of carbonyl (C=O) groups excluding carboxylic acids is 1. The lowest BCUT2D eigenvalue weighted by atomic mass is 10.2. The molecule has 0 aliphatic rings. The van der Waals surface area contributed by atoms with Crippen molar-refractivity contribution >= 4 is 23.0 Å². The van der Waals surface area contributed by atoms with Crippen LogP contribution < -0.4 is 10.1 Å². The third-order valence-corrected chi connectivity index (χ3v) is 4.27. The van der Waals surface area contributed by atoms with Crippen molar-refractivity contribution in [2.45, 2.75) is 20.4 Å². The van der Waals surface area contributed by atoms with Gasteiger partial charge in [0.2, 0.25) is 5.91 Å². The highest BCUT2D eigenvalue weighted by Crippen LogP contribution is 2.31. The minimum absolute atomic E-state index is 0.150. The molecule has 3 aromatic rings. The SMILES string of the molecule is Cc1ccccc1Oc1cc(NC(=O)Cn2ncc([N+](=O)[O-])c2C)cc([N+](=O)[O-])c1. The van der Waals surface area contributed by atoms with Crippen LogP contribution in [0.5, 0.6) is 11.5 Å². The number of nitrogens with one attached hydrogen (secondary N) is 1. The maximum Gasteiger partial charge on any atom is 0.309 e. The first-order valence-corrected chi connectivity index (χ1v) is 8.74. The third kappa shape index (κ3) is 4.58. The molecule has 154 valence electrons. The molecule has 1 aromatic heterocycles. The van der Waals surface area contributed by atoms with E-state index < -0.39 is 15.8 Å². The molecule has 0 atom stereocenters. The molecule has 0 saturated carbocycles. The van der Waals surface area contributed by atoms with E-state index in [-0.39, 0.29) is 35.1 Å². The zero-order chi connectivity index (χ0) is 21.8. The molecular weight excluding hydrogens is 394 g/mol. The second-order valence-electron chi connectivity index (χ2n) is 6.42. The number of aryl methyl sites for hydroxylation is 1. The van der Waals surface area contributed by atoms with Crippen LogP contribution in [0.25, 0.3) is 0 Å². The molecule has 1 heterocycles. The van der Waals surface area contributed by atoms with Gasteiger partial charge in [0.1, 0.15) is 29.9 Å². The number of amides is 1. The summed E-state index contributed by atoms with van der Waals surface area (Å²) in [6, 6.07) is 11.1. The number of non-ortho nitro benzene ring substituents is 1. The summed E-state index contributed by atoms with van der Waals surface area (Å²) >= 11 is 0. The number of benzene rings is 2. The van der Waals surface area contributed by atoms with Crippen molar-refractivity contribution < 1.29 is 19.4 Å². The van der Waals surface area contributed by atoms with E-state index in [1.807, 2.05) is 19.1 Å². The van der Waals surface area contributed by atoms with Crippen LogP contribution in [-0.2, 0) is 11.3 Å². The lowest BCUT2D eigenvalue weighted by molar-refractivity contribution is -0.385. The Kier molecular flexibility index (Phi) is 5.72. The van der Waals surface area contributed by atoms with Gasteiger partial charge in [-0.15, -0.1) is 0 Å². The van der Waals surface area contributed by atoms with Gasteiger partial charge in [-0.05, 0) is 25.5 Å². The van der Waals surface area contributed by atoms with Crippen LogP contribution in [0, 0.1) is 34.1 Å². The zero-order valence-corrected chi connectivity index (χ0v) is 16.1. The van der Waals surface area contributed by atoms with Gasteiger partial charge in [-0.25, -0.2) is 0 Å². The molecule has 11 nitrogen and oxygen atoms in total. The smallest absolute Gasteiger partial charge is 0.309 e. The summed E-state index contributed by atoms with van der Waals surface area (Å²) in [5.74, 6) is 0.146. The van der Waals surface area contributed by atoms with E-state index in [0.717, 1.165) is 11.8 Å². The first-order chi connectivity index (χ1) is 14.2. The molecule has 0 bridgehead atoms. The summed E-state index contributed by atoms with van der Waals surface area (Å²) in [6.07, 6.45) is 1.06. The number of nitrogens with zero attached hydrogens (tertiary/aromatic N) is 4. The number of anilines is 1. The molecule has 1 N–H and O–H groups in total. The fourth-order valence-corrected chi connectivity index (χ4v) is 2.73. The van der Waals surface area contributed by atoms with Gasteiger partial charge < -0.3 is 10.1 Å². The minimum atomic E-state index is -0.596. The normalized spacial score (nSPS) is 10.5. The second kappa shape index (κ2) is 8.39. The molecular formula is C19H17N5O6. The first-order valence-electron chi connectivity index (χ1n) is 8.74. The van der Waals surface area contributed by atoms with Gasteiger partial charge in [0.15, 0.2) is 0 Å². The summed E-state index contributed by atoms with van der Waals surface area (Å²) in [4.78, 5) is 33.3. The lowest BCUT2D eigenvalue weighted by Crippen LogP contribution is -2.20. The van der Waals surface area contributed by atoms with Gasteiger partial charge in [0.05, 0.1) is 21.6 Å². The number of carbonyl (C=O) groups is 1. The van der Waals surface area contributed by atoms with Crippen molar-refractivity contribution in [1.29, 1.82) is 0 Å². The Morgan fingerprint density at radius 3 is 2.50 bits per heavy atom. The number of nitro benzene ring substituents is 1. The molecule has 0 spiro atoms. The molecule has 2 aromatic carbocycles. The number of para-hydroxylation sites is 1. The Balaban J connectivity index is 1.82. The van der Waals surface area contributed by atoms with Gasteiger partial charge in [-0.3, -0.25) is 29.7 Å². The average molecular weight is 411 g/mol. The van der Waals surface area contributed by atoms with Crippen molar-refractivity contribution in [2.75, 3.05) is 5.32 Å². The summed E-state index contributed by atoms with van der Waals surface area (Å²) in [6.45, 7) is 3.01. The summed E-state index contributed by atoms with van der Waals surface area (Å²) in [5.41, 5.74) is 0.745. The molecule has 1 amide bonds. The van der Waals surface area contributed by atoms with E-state index in [1.165, 1.54) is 29.8 Å². The van der Waals surface area contributed by atoms with Gasteiger partial charge in [0, 0.05) is 12.1 Å². The van der Waals surface area contributed by atoms with Crippen LogP contribution in [0.2, 0.25) is 0 Å². The maximum atomic E-state index is 12.4. The van der Waals surface area contributed by atoms with Crippen LogP contribution in [0.1, 0.15) is 11.3 Å². The quantitative estimate of drug-likeness (QED) is 0.461. The predicted octanol–water partition coefficient (Wildman–Crippen LogP) is 3.75. The van der Waals surface area contributed by atoms with Crippen molar-refractivity contribution in [2.24, 2.45) is 0 Å². The van der Waals surface area contributed by atoms with Crippen LogP contribution in [0.4, 0.5) is 17.1 Å². The highest BCUT2D eigenvalue weighted by Gasteiger charge is 2.19. The Morgan fingerprint density at radius 1 is 1.13 bits per heavy atom. The molecule has 11 heteroatoms. The second-order valence-corrected chi connectivity index (χ2v) is 6.42. The monoisotopic (exact) mass is 411 g/mol. The fourth-order valence-electron chi connectivity index (χ4n) is 2.73. The van der Waals surface area contributed by atoms with Crippen LogP contribution in [0.3, 0.4) is 0 Å². The maximum absolute atomic E-state index is 12.4. The van der Waals surface area contributed by atoms with E-state index in [0.29, 0.717) is 5.75 Å². The molecule has 30 heavy (non-hydrogen) atoms. The molecule has 0 aliphatic carbocycles. The topological polar surface area (TPSA) is 142 Å². The number of hydrogen-bond acceptors (Lipinski definition) is 7. The summed E-state index contributed by atoms with van der Waals surface area (Å²) in [5, 5.41) is 28.5. The van der Waals surface area contributed by atoms with Crippen molar-refractivity contribution in [1.82, 2.24) is 9.78 Å². The van der Waals surface area contributed by atoms with Crippen LogP contribution in [-0.4, -0.2) is 25.5 Å². The highest BCUT2D eigenvalue weighted by atomic mass is 16.6. The fraction of sp³-hybridized carbons (Fsp3) is 0.158. The molecule has 3 rings (SSSR count). The zero-order valence-electron chi connectivity index (χ0n) is 16.1. The molecule has 0 saturated heterocycles. The van der Waals surface area contributed by atoms with Crippen molar-refractivity contribution in [3.63, 3.8) is 0 Å². The van der Waals surface area contributed by atoms with Crippen molar-refractivity contribution in [3.05, 3.63) is 80.1 Å². The molecule has 0 unspecified atom stereocenters. The van der Waals surface area contributed by atoms with Gasteiger partial charge in [-0.2, -0.15) is 5.10 Å². The first kappa shape index (κ1) is 20.5. The lowest BCUT2D eigenvalue weighted by Gasteiger charge is -2.11. The Morgan fingerprint density at radius 2 is 1.87 bits per heavy atom. The summed E-state index contributed by atoms with van der Waals surface area (Å²) < 4.78 is 6.92.